The van der Waals surface area contributed by atoms with Crippen molar-refractivity contribution in [3.8, 4) is 0 Å². The van der Waals surface area contributed by atoms with Gasteiger partial charge < -0.3 is 10.2 Å². The van der Waals surface area contributed by atoms with Crippen molar-refractivity contribution < 1.29 is 15.0 Å². The molecule has 0 amide bonds. The van der Waals surface area contributed by atoms with Gasteiger partial charge in [0.2, 0.25) is 0 Å². The van der Waals surface area contributed by atoms with Gasteiger partial charge in [0.15, 0.2) is 5.78 Å². The van der Waals surface area contributed by atoms with E-state index in [0.717, 1.165) is 25.0 Å². The summed E-state index contributed by atoms with van der Waals surface area (Å²) in [6.45, 7) is 8.18. The number of hydrogen-bond donors (Lipinski definition) is 3. The number of Topliss-reactive ketones (excluding diaryl/α,β-unsaturated/α-hetero) is 1. The maximum atomic E-state index is 12.4. The van der Waals surface area contributed by atoms with E-state index in [0.29, 0.717) is 24.7 Å². The lowest BCUT2D eigenvalue weighted by molar-refractivity contribution is -0.180. The first-order chi connectivity index (χ1) is 13.1. The van der Waals surface area contributed by atoms with E-state index in [9.17, 15) is 15.0 Å². The van der Waals surface area contributed by atoms with Crippen LogP contribution in [0.15, 0.2) is 11.8 Å². The average Bonchev–Trinajstić information content (AvgIpc) is 3.15. The zero-order valence-electron chi connectivity index (χ0n) is 17.3. The van der Waals surface area contributed by atoms with E-state index >= 15 is 0 Å². The lowest BCUT2D eigenvalue weighted by Gasteiger charge is -2.61. The van der Waals surface area contributed by atoms with Crippen LogP contribution < -0.4 is 0 Å². The fourth-order valence-electron chi connectivity index (χ4n) is 8.12. The minimum Gasteiger partial charge on any atom is -0.393 e. The molecule has 4 aliphatic carbocycles. The molecule has 3 saturated carbocycles. The van der Waals surface area contributed by atoms with E-state index in [1.807, 2.05) is 6.20 Å². The highest BCUT2D eigenvalue weighted by molar-refractivity contribution is 5.86. The predicted molar refractivity (Wildman–Crippen MR) is 106 cm³/mol. The van der Waals surface area contributed by atoms with Gasteiger partial charge in [-0.05, 0) is 79.8 Å². The largest absolute Gasteiger partial charge is 0.393 e. The number of carbonyl (C=O) groups excluding carboxylic acids is 1. The van der Waals surface area contributed by atoms with E-state index < -0.39 is 17.1 Å². The van der Waals surface area contributed by atoms with Crippen molar-refractivity contribution in [3.05, 3.63) is 23.0 Å². The van der Waals surface area contributed by atoms with E-state index in [2.05, 4.69) is 37.0 Å². The number of aliphatic hydroxyl groups excluding tert-OH is 1. The second kappa shape index (κ2) is 5.57. The summed E-state index contributed by atoms with van der Waals surface area (Å²) in [7, 11) is 0. The molecule has 5 nitrogen and oxygen atoms in total. The van der Waals surface area contributed by atoms with Crippen LogP contribution in [0.25, 0.3) is 6.08 Å². The predicted octanol–water partition coefficient (Wildman–Crippen LogP) is 3.13. The van der Waals surface area contributed by atoms with Crippen LogP contribution in [0.3, 0.4) is 0 Å². The van der Waals surface area contributed by atoms with Gasteiger partial charge in [0.1, 0.15) is 5.60 Å². The molecule has 0 unspecified atom stereocenters. The third-order valence-electron chi connectivity index (χ3n) is 9.35. The van der Waals surface area contributed by atoms with Crippen molar-refractivity contribution in [1.29, 1.82) is 0 Å². The first-order valence-corrected chi connectivity index (χ1v) is 10.8. The SMILES string of the molecule is CC(=O)[C@@]1(O)CC[C@H]2[C@@H]3C[C@H](C)C4=Cc5[nH]ncc5C[C@]4(C)[C@H]3[C@@H](O)C[C@@]21C. The number of aromatic nitrogens is 2. The summed E-state index contributed by atoms with van der Waals surface area (Å²) >= 11 is 0. The molecule has 1 aromatic rings. The molecule has 28 heavy (non-hydrogen) atoms. The van der Waals surface area contributed by atoms with Crippen molar-refractivity contribution in [2.75, 3.05) is 0 Å². The maximum Gasteiger partial charge on any atom is 0.161 e. The Morgan fingerprint density at radius 1 is 1.36 bits per heavy atom. The van der Waals surface area contributed by atoms with Crippen LogP contribution in [-0.2, 0) is 11.2 Å². The fraction of sp³-hybridized carbons (Fsp3) is 0.739. The molecular weight excluding hydrogens is 352 g/mol. The highest BCUT2D eigenvalue weighted by Crippen LogP contribution is 2.68. The summed E-state index contributed by atoms with van der Waals surface area (Å²) in [4.78, 5) is 12.4. The number of allylic oxidation sites excluding steroid dienone is 1. The molecule has 0 spiro atoms. The number of ketones is 1. The van der Waals surface area contributed by atoms with Crippen molar-refractivity contribution in [2.45, 2.75) is 71.5 Å². The van der Waals surface area contributed by atoms with Crippen molar-refractivity contribution in [1.82, 2.24) is 10.2 Å². The first kappa shape index (κ1) is 18.6. The molecule has 5 rings (SSSR count). The summed E-state index contributed by atoms with van der Waals surface area (Å²) in [5, 5.41) is 30.1. The van der Waals surface area contributed by atoms with Gasteiger partial charge in [-0.15, -0.1) is 0 Å². The highest BCUT2D eigenvalue weighted by atomic mass is 16.3. The van der Waals surface area contributed by atoms with Crippen LogP contribution in [0.4, 0.5) is 0 Å². The Morgan fingerprint density at radius 2 is 2.11 bits per heavy atom. The Morgan fingerprint density at radius 3 is 2.82 bits per heavy atom. The van der Waals surface area contributed by atoms with Gasteiger partial charge in [0.25, 0.3) is 0 Å². The molecule has 0 aliphatic heterocycles. The van der Waals surface area contributed by atoms with Gasteiger partial charge >= 0.3 is 0 Å². The number of hydrogen-bond acceptors (Lipinski definition) is 4. The van der Waals surface area contributed by atoms with Gasteiger partial charge in [0, 0.05) is 5.41 Å². The molecule has 0 radical (unpaired) electrons. The average molecular weight is 385 g/mol. The number of aliphatic hydroxyl groups is 2. The van der Waals surface area contributed by atoms with Crippen molar-refractivity contribution >= 4 is 11.9 Å². The molecule has 0 aromatic carbocycles. The fourth-order valence-corrected chi connectivity index (χ4v) is 8.12. The summed E-state index contributed by atoms with van der Waals surface area (Å²) in [6.07, 6.45) is 7.50. The number of nitrogens with one attached hydrogen (secondary N) is 1. The van der Waals surface area contributed by atoms with Gasteiger partial charge in [-0.1, -0.05) is 26.3 Å². The van der Waals surface area contributed by atoms with Crippen molar-refractivity contribution in [2.24, 2.45) is 34.5 Å². The normalized spacial score (nSPS) is 49.5. The Hall–Kier alpha value is -1.46. The van der Waals surface area contributed by atoms with Gasteiger partial charge in [-0.25, -0.2) is 0 Å². The smallest absolute Gasteiger partial charge is 0.161 e. The van der Waals surface area contributed by atoms with E-state index in [-0.39, 0.29) is 23.0 Å². The van der Waals surface area contributed by atoms with Crippen LogP contribution in [0.1, 0.15) is 64.6 Å². The van der Waals surface area contributed by atoms with Crippen molar-refractivity contribution in [3.63, 3.8) is 0 Å². The monoisotopic (exact) mass is 384 g/mol. The van der Waals surface area contributed by atoms with Gasteiger partial charge in [-0.3, -0.25) is 9.89 Å². The molecule has 152 valence electrons. The Kier molecular flexibility index (Phi) is 3.69. The number of fused-ring (bicyclic) bond motifs is 6. The molecule has 4 aliphatic rings. The number of nitrogens with zero attached hydrogens (tertiary/aromatic N) is 1. The van der Waals surface area contributed by atoms with Crippen LogP contribution in [0, 0.1) is 34.5 Å². The van der Waals surface area contributed by atoms with Crippen LogP contribution >= 0.6 is 0 Å². The zero-order chi connectivity index (χ0) is 20.1. The standard InChI is InChI=1S/C23H32N2O3/c1-12-7-15-16-5-6-23(28,13(2)26)22(16,4)10-19(27)20(15)21(3)9-14-11-24-25-18(14)8-17(12)21/h8,11-12,15-16,19-20,27-28H,5-7,9-10H2,1-4H3,(H,24,25)/t12-,15-,16-,19-,20+,21-,22-,23-/m0/s1. The zero-order valence-corrected chi connectivity index (χ0v) is 17.3. The lowest BCUT2D eigenvalue weighted by atomic mass is 9.44. The van der Waals surface area contributed by atoms with Gasteiger partial charge in [0.05, 0.1) is 18.0 Å². The summed E-state index contributed by atoms with van der Waals surface area (Å²) in [5.41, 5.74) is 1.83. The number of aromatic amines is 1. The van der Waals surface area contributed by atoms with Crippen LogP contribution in [0.5, 0.6) is 0 Å². The number of H-pyrrole nitrogens is 1. The first-order valence-electron chi connectivity index (χ1n) is 10.8. The Labute approximate surface area is 166 Å². The Balaban J connectivity index is 1.60. The van der Waals surface area contributed by atoms with Crippen LogP contribution in [-0.4, -0.2) is 37.9 Å². The quantitative estimate of drug-likeness (QED) is 0.694. The molecular formula is C23H32N2O3. The maximum absolute atomic E-state index is 12.4. The lowest BCUT2D eigenvalue weighted by Crippen LogP contribution is -2.62. The molecule has 3 fully saturated rings. The molecule has 0 saturated heterocycles. The summed E-state index contributed by atoms with van der Waals surface area (Å²) in [6, 6.07) is 0. The number of carbonyl (C=O) groups is 1. The van der Waals surface area contributed by atoms with Crippen LogP contribution in [0.2, 0.25) is 0 Å². The molecule has 8 atom stereocenters. The van der Waals surface area contributed by atoms with E-state index in [4.69, 9.17) is 0 Å². The third kappa shape index (κ3) is 2.05. The second-order valence-electron chi connectivity index (χ2n) is 10.6. The Bertz CT molecular complexity index is 875. The van der Waals surface area contributed by atoms with E-state index in [1.54, 1.807) is 0 Å². The minimum absolute atomic E-state index is 0.100. The summed E-state index contributed by atoms with van der Waals surface area (Å²) in [5.74, 6) is 1.04. The van der Waals surface area contributed by atoms with E-state index in [1.165, 1.54) is 18.1 Å². The number of rotatable bonds is 1. The molecule has 1 aromatic heterocycles. The molecule has 0 bridgehead atoms. The topological polar surface area (TPSA) is 86.2 Å². The molecule has 3 N–H and O–H groups in total. The third-order valence-corrected chi connectivity index (χ3v) is 9.35. The molecule has 1 heterocycles. The van der Waals surface area contributed by atoms with Gasteiger partial charge in [-0.2, -0.15) is 5.10 Å². The highest BCUT2D eigenvalue weighted by Gasteiger charge is 2.68. The molecule has 5 heteroatoms. The minimum atomic E-state index is -1.30. The summed E-state index contributed by atoms with van der Waals surface area (Å²) < 4.78 is 0. The second-order valence-corrected chi connectivity index (χ2v) is 10.6.